The third-order valence-corrected chi connectivity index (χ3v) is 3.34. The molecule has 2 atom stereocenters. The van der Waals surface area contributed by atoms with Crippen molar-refractivity contribution in [1.82, 2.24) is 0 Å². The van der Waals surface area contributed by atoms with Gasteiger partial charge in [0, 0.05) is 18.6 Å². The number of rotatable bonds is 2. The molecule has 4 heteroatoms. The molecular weight excluding hydrogens is 200 g/mol. The summed E-state index contributed by atoms with van der Waals surface area (Å²) in [5.74, 6) is 0. The van der Waals surface area contributed by atoms with Crippen molar-refractivity contribution in [2.24, 2.45) is 0 Å². The summed E-state index contributed by atoms with van der Waals surface area (Å²) in [5, 5.41) is 12.4. The molecule has 0 saturated carbocycles. The summed E-state index contributed by atoms with van der Waals surface area (Å²) in [7, 11) is 1.66. The summed E-state index contributed by atoms with van der Waals surface area (Å²) >= 11 is 1.56. The molecule has 1 fully saturated rings. The van der Waals surface area contributed by atoms with Gasteiger partial charge in [0.2, 0.25) is 0 Å². The molecule has 14 heavy (non-hydrogen) atoms. The van der Waals surface area contributed by atoms with E-state index >= 15 is 0 Å². The maximum Gasteiger partial charge on any atom is 0.179 e. The van der Waals surface area contributed by atoms with Crippen molar-refractivity contribution < 1.29 is 14.6 Å². The Morgan fingerprint density at radius 2 is 2.50 bits per heavy atom. The van der Waals surface area contributed by atoms with Crippen LogP contribution in [0.2, 0.25) is 0 Å². The first-order valence-corrected chi connectivity index (χ1v) is 5.60. The van der Waals surface area contributed by atoms with E-state index in [2.05, 4.69) is 0 Å². The van der Waals surface area contributed by atoms with Gasteiger partial charge in [0.15, 0.2) is 5.06 Å². The Balaban J connectivity index is 2.13. The molecule has 1 N–H and O–H groups in total. The fraction of sp³-hybridized carbons (Fsp3) is 0.600. The van der Waals surface area contributed by atoms with E-state index < -0.39 is 0 Å². The van der Waals surface area contributed by atoms with Crippen LogP contribution in [0.5, 0.6) is 5.06 Å². The molecule has 0 bridgehead atoms. The van der Waals surface area contributed by atoms with E-state index in [-0.39, 0.29) is 12.2 Å². The number of aliphatic hydroxyl groups excluding tert-OH is 1. The van der Waals surface area contributed by atoms with Gasteiger partial charge in [0.1, 0.15) is 0 Å². The molecule has 0 radical (unpaired) electrons. The highest BCUT2D eigenvalue weighted by atomic mass is 32.1. The van der Waals surface area contributed by atoms with Crippen molar-refractivity contribution in [3.05, 3.63) is 17.0 Å². The van der Waals surface area contributed by atoms with E-state index in [1.165, 1.54) is 0 Å². The molecule has 0 aliphatic carbocycles. The SMILES string of the molecule is COc1sccc1C1CC(O)CCO1. The van der Waals surface area contributed by atoms with Crippen molar-refractivity contribution in [3.63, 3.8) is 0 Å². The van der Waals surface area contributed by atoms with E-state index in [1.54, 1.807) is 18.4 Å². The Morgan fingerprint density at radius 1 is 1.64 bits per heavy atom. The van der Waals surface area contributed by atoms with Gasteiger partial charge in [0.25, 0.3) is 0 Å². The van der Waals surface area contributed by atoms with Crippen LogP contribution < -0.4 is 4.74 Å². The van der Waals surface area contributed by atoms with Gasteiger partial charge in [-0.1, -0.05) is 0 Å². The zero-order valence-corrected chi connectivity index (χ0v) is 8.92. The lowest BCUT2D eigenvalue weighted by Gasteiger charge is -2.26. The van der Waals surface area contributed by atoms with Crippen LogP contribution in [0.15, 0.2) is 11.4 Å². The Kier molecular flexibility index (Phi) is 3.05. The van der Waals surface area contributed by atoms with Gasteiger partial charge >= 0.3 is 0 Å². The normalized spacial score (nSPS) is 27.6. The van der Waals surface area contributed by atoms with Crippen LogP contribution in [0.25, 0.3) is 0 Å². The third kappa shape index (κ3) is 1.92. The van der Waals surface area contributed by atoms with Gasteiger partial charge in [-0.2, -0.15) is 0 Å². The maximum atomic E-state index is 9.52. The van der Waals surface area contributed by atoms with Crippen molar-refractivity contribution in [1.29, 1.82) is 0 Å². The van der Waals surface area contributed by atoms with Gasteiger partial charge in [-0.15, -0.1) is 11.3 Å². The van der Waals surface area contributed by atoms with Crippen molar-refractivity contribution in [3.8, 4) is 5.06 Å². The molecular formula is C10H14O3S. The molecule has 1 saturated heterocycles. The first-order valence-electron chi connectivity index (χ1n) is 4.72. The molecule has 1 aromatic heterocycles. The summed E-state index contributed by atoms with van der Waals surface area (Å²) in [6.07, 6.45) is 1.18. The lowest BCUT2D eigenvalue weighted by Crippen LogP contribution is -2.23. The molecule has 0 spiro atoms. The summed E-state index contributed by atoms with van der Waals surface area (Å²) in [6.45, 7) is 0.630. The molecule has 3 nitrogen and oxygen atoms in total. The van der Waals surface area contributed by atoms with Crippen molar-refractivity contribution >= 4 is 11.3 Å². The van der Waals surface area contributed by atoms with E-state index in [4.69, 9.17) is 9.47 Å². The average Bonchev–Trinajstić information content (AvgIpc) is 2.65. The minimum absolute atomic E-state index is 0.0000463. The molecule has 2 unspecified atom stereocenters. The third-order valence-electron chi connectivity index (χ3n) is 2.45. The van der Waals surface area contributed by atoms with Crippen LogP contribution in [-0.2, 0) is 4.74 Å². The summed E-state index contributed by atoms with van der Waals surface area (Å²) in [6, 6.07) is 2.01. The molecule has 78 valence electrons. The molecule has 2 heterocycles. The van der Waals surface area contributed by atoms with Crippen LogP contribution in [0.4, 0.5) is 0 Å². The van der Waals surface area contributed by atoms with E-state index in [0.717, 1.165) is 17.0 Å². The molecule has 1 aromatic rings. The lowest BCUT2D eigenvalue weighted by molar-refractivity contribution is -0.0453. The Labute approximate surface area is 87.3 Å². The monoisotopic (exact) mass is 214 g/mol. The Morgan fingerprint density at radius 3 is 3.21 bits per heavy atom. The van der Waals surface area contributed by atoms with Crippen LogP contribution >= 0.6 is 11.3 Å². The topological polar surface area (TPSA) is 38.7 Å². The molecule has 1 aliphatic heterocycles. The average molecular weight is 214 g/mol. The predicted octanol–water partition coefficient (Wildman–Crippen LogP) is 1.97. The zero-order valence-electron chi connectivity index (χ0n) is 8.10. The number of aliphatic hydroxyl groups is 1. The van der Waals surface area contributed by atoms with Gasteiger partial charge in [-0.05, 0) is 17.9 Å². The van der Waals surface area contributed by atoms with Gasteiger partial charge in [-0.3, -0.25) is 0 Å². The number of methoxy groups -OCH3 is 1. The minimum atomic E-state index is -0.238. The second kappa shape index (κ2) is 4.29. The highest BCUT2D eigenvalue weighted by molar-refractivity contribution is 7.12. The van der Waals surface area contributed by atoms with E-state index in [1.807, 2.05) is 11.4 Å². The first-order chi connectivity index (χ1) is 6.81. The van der Waals surface area contributed by atoms with Crippen molar-refractivity contribution in [2.75, 3.05) is 13.7 Å². The molecule has 0 amide bonds. The predicted molar refractivity (Wildman–Crippen MR) is 54.8 cm³/mol. The minimum Gasteiger partial charge on any atom is -0.487 e. The second-order valence-electron chi connectivity index (χ2n) is 3.41. The zero-order chi connectivity index (χ0) is 9.97. The fourth-order valence-electron chi connectivity index (χ4n) is 1.71. The number of hydrogen-bond acceptors (Lipinski definition) is 4. The van der Waals surface area contributed by atoms with E-state index in [0.29, 0.717) is 13.0 Å². The quantitative estimate of drug-likeness (QED) is 0.818. The number of hydrogen-bond donors (Lipinski definition) is 1. The van der Waals surface area contributed by atoms with Gasteiger partial charge < -0.3 is 14.6 Å². The largest absolute Gasteiger partial charge is 0.487 e. The highest BCUT2D eigenvalue weighted by Crippen LogP contribution is 2.37. The van der Waals surface area contributed by atoms with Gasteiger partial charge in [-0.25, -0.2) is 0 Å². The Hall–Kier alpha value is -0.580. The molecule has 2 rings (SSSR count). The van der Waals surface area contributed by atoms with E-state index in [9.17, 15) is 5.11 Å². The fourth-order valence-corrected chi connectivity index (χ4v) is 2.48. The summed E-state index contributed by atoms with van der Waals surface area (Å²) in [4.78, 5) is 0. The lowest BCUT2D eigenvalue weighted by atomic mass is 10.0. The van der Waals surface area contributed by atoms with Crippen LogP contribution in [0.1, 0.15) is 24.5 Å². The molecule has 0 aromatic carbocycles. The number of thiophene rings is 1. The van der Waals surface area contributed by atoms with Crippen LogP contribution in [-0.4, -0.2) is 24.9 Å². The Bertz CT molecular complexity index is 297. The number of ether oxygens (including phenoxy) is 2. The highest BCUT2D eigenvalue weighted by Gasteiger charge is 2.25. The summed E-state index contributed by atoms with van der Waals surface area (Å²) < 4.78 is 10.8. The van der Waals surface area contributed by atoms with Crippen LogP contribution in [0.3, 0.4) is 0 Å². The first kappa shape index (κ1) is 9.96. The second-order valence-corrected chi connectivity index (χ2v) is 4.28. The maximum absolute atomic E-state index is 9.52. The van der Waals surface area contributed by atoms with Crippen molar-refractivity contribution in [2.45, 2.75) is 25.0 Å². The van der Waals surface area contributed by atoms with Crippen LogP contribution in [0, 0.1) is 0 Å². The molecule has 1 aliphatic rings. The summed E-state index contributed by atoms with van der Waals surface area (Å²) in [5.41, 5.74) is 1.07. The standard InChI is InChI=1S/C10H14O3S/c1-12-10-8(3-5-14-10)9-6-7(11)2-4-13-9/h3,5,7,9,11H,2,4,6H2,1H3. The van der Waals surface area contributed by atoms with Gasteiger partial charge in [0.05, 0.1) is 19.3 Å². The smallest absolute Gasteiger partial charge is 0.179 e.